The highest BCUT2D eigenvalue weighted by molar-refractivity contribution is 5.49. The van der Waals surface area contributed by atoms with E-state index in [2.05, 4.69) is 35.0 Å². The van der Waals surface area contributed by atoms with Gasteiger partial charge in [0.25, 0.3) is 0 Å². The molecule has 1 aromatic heterocycles. The van der Waals surface area contributed by atoms with Gasteiger partial charge in [-0.1, -0.05) is 0 Å². The molecule has 1 aromatic carbocycles. The van der Waals surface area contributed by atoms with Crippen molar-refractivity contribution in [2.75, 3.05) is 27.3 Å². The zero-order valence-corrected chi connectivity index (χ0v) is 15.7. The largest absolute Gasteiger partial charge is 0.493 e. The van der Waals surface area contributed by atoms with Crippen LogP contribution in [0.2, 0.25) is 0 Å². The van der Waals surface area contributed by atoms with Crippen molar-refractivity contribution < 1.29 is 9.47 Å². The molecule has 2 N–H and O–H groups in total. The quantitative estimate of drug-likeness (QED) is 0.919. The van der Waals surface area contributed by atoms with E-state index in [4.69, 9.17) is 15.2 Å². The van der Waals surface area contributed by atoms with Crippen LogP contribution in [0.25, 0.3) is 0 Å². The summed E-state index contributed by atoms with van der Waals surface area (Å²) in [5.74, 6) is 1.89. The zero-order chi connectivity index (χ0) is 18.3. The maximum absolute atomic E-state index is 6.63. The van der Waals surface area contributed by atoms with Crippen LogP contribution in [0.15, 0.2) is 30.5 Å². The topological polar surface area (TPSA) is 60.6 Å². The molecule has 2 aromatic rings. The van der Waals surface area contributed by atoms with Crippen LogP contribution in [0.5, 0.6) is 11.5 Å². The number of piperidine rings is 1. The molecule has 26 heavy (non-hydrogen) atoms. The third-order valence-corrected chi connectivity index (χ3v) is 5.87. The molecule has 0 spiro atoms. The molecular weight excluding hydrogens is 326 g/mol. The third kappa shape index (κ3) is 2.95. The van der Waals surface area contributed by atoms with Gasteiger partial charge in [0.15, 0.2) is 11.5 Å². The molecule has 2 aliphatic rings. The first-order valence-electron chi connectivity index (χ1n) is 9.27. The van der Waals surface area contributed by atoms with Crippen molar-refractivity contribution >= 4 is 0 Å². The van der Waals surface area contributed by atoms with Crippen LogP contribution in [0.3, 0.4) is 0 Å². The highest BCUT2D eigenvalue weighted by Gasteiger charge is 2.39. The number of benzene rings is 1. The van der Waals surface area contributed by atoms with Gasteiger partial charge < -0.3 is 15.2 Å². The van der Waals surface area contributed by atoms with Crippen molar-refractivity contribution in [3.63, 3.8) is 0 Å². The van der Waals surface area contributed by atoms with Crippen LogP contribution in [0.4, 0.5) is 0 Å². The Balaban J connectivity index is 1.64. The minimum Gasteiger partial charge on any atom is -0.493 e. The summed E-state index contributed by atoms with van der Waals surface area (Å²) in [6.07, 6.45) is 3.85. The van der Waals surface area contributed by atoms with Crippen LogP contribution in [0, 0.1) is 6.92 Å². The molecule has 3 atom stereocenters. The first kappa shape index (κ1) is 17.3. The Morgan fingerprint density at radius 1 is 1.15 bits per heavy atom. The summed E-state index contributed by atoms with van der Waals surface area (Å²) in [7, 11) is 3.38. The predicted octanol–water partition coefficient (Wildman–Crippen LogP) is 2.82. The van der Waals surface area contributed by atoms with Crippen LogP contribution in [0.1, 0.15) is 40.8 Å². The molecule has 4 rings (SSSR count). The van der Waals surface area contributed by atoms with Gasteiger partial charge in [0.05, 0.1) is 14.2 Å². The number of ether oxygens (including phenoxy) is 2. The summed E-state index contributed by atoms with van der Waals surface area (Å²) in [6.45, 7) is 4.11. The maximum Gasteiger partial charge on any atom is 0.161 e. The number of aryl methyl sites for hydroxylation is 1. The van der Waals surface area contributed by atoms with Crippen LogP contribution in [-0.4, -0.2) is 43.2 Å². The van der Waals surface area contributed by atoms with E-state index in [1.807, 2.05) is 12.3 Å². The van der Waals surface area contributed by atoms with Crippen molar-refractivity contribution in [3.8, 4) is 11.5 Å². The van der Waals surface area contributed by atoms with E-state index in [9.17, 15) is 0 Å². The summed E-state index contributed by atoms with van der Waals surface area (Å²) >= 11 is 0. The molecule has 1 unspecified atom stereocenters. The lowest BCUT2D eigenvalue weighted by Crippen LogP contribution is -2.50. The molecule has 1 saturated heterocycles. The number of aromatic nitrogens is 1. The predicted molar refractivity (Wildman–Crippen MR) is 102 cm³/mol. The smallest absolute Gasteiger partial charge is 0.161 e. The second kappa shape index (κ2) is 6.89. The highest BCUT2D eigenvalue weighted by atomic mass is 16.5. The van der Waals surface area contributed by atoms with Gasteiger partial charge in [0.2, 0.25) is 0 Å². The van der Waals surface area contributed by atoms with Crippen molar-refractivity contribution in [1.82, 2.24) is 9.88 Å². The van der Waals surface area contributed by atoms with Gasteiger partial charge in [-0.3, -0.25) is 9.88 Å². The second-order valence-corrected chi connectivity index (χ2v) is 7.43. The number of hydrogen-bond acceptors (Lipinski definition) is 5. The van der Waals surface area contributed by atoms with Gasteiger partial charge >= 0.3 is 0 Å². The molecule has 3 heterocycles. The van der Waals surface area contributed by atoms with Gasteiger partial charge in [-0.05, 0) is 60.7 Å². The number of rotatable bonds is 3. The van der Waals surface area contributed by atoms with E-state index >= 15 is 0 Å². The van der Waals surface area contributed by atoms with Gasteiger partial charge in [-0.25, -0.2) is 0 Å². The molecule has 0 bridgehead atoms. The fourth-order valence-electron chi connectivity index (χ4n) is 4.46. The van der Waals surface area contributed by atoms with Crippen molar-refractivity contribution in [3.05, 3.63) is 52.8 Å². The first-order chi connectivity index (χ1) is 12.6. The van der Waals surface area contributed by atoms with Crippen molar-refractivity contribution in [2.45, 2.75) is 37.8 Å². The van der Waals surface area contributed by atoms with Crippen LogP contribution in [-0.2, 0) is 6.42 Å². The number of fused-ring (bicyclic) bond motifs is 3. The Morgan fingerprint density at radius 2 is 1.92 bits per heavy atom. The number of nitrogens with zero attached hydrogens (tertiary/aromatic N) is 2. The minimum atomic E-state index is 0.101. The lowest BCUT2D eigenvalue weighted by Gasteiger charge is -2.46. The number of nitrogens with two attached hydrogens (primary N) is 1. The molecule has 0 amide bonds. The lowest BCUT2D eigenvalue weighted by atomic mass is 9.79. The first-order valence-corrected chi connectivity index (χ1v) is 9.27. The molecule has 0 aliphatic carbocycles. The van der Waals surface area contributed by atoms with Crippen LogP contribution >= 0.6 is 0 Å². The average molecular weight is 353 g/mol. The number of methoxy groups -OCH3 is 2. The molecule has 2 aliphatic heterocycles. The Kier molecular flexibility index (Phi) is 4.59. The van der Waals surface area contributed by atoms with Gasteiger partial charge in [0, 0.05) is 43.0 Å². The van der Waals surface area contributed by atoms with E-state index in [0.717, 1.165) is 43.1 Å². The van der Waals surface area contributed by atoms with E-state index in [1.165, 1.54) is 16.7 Å². The van der Waals surface area contributed by atoms with E-state index < -0.39 is 0 Å². The van der Waals surface area contributed by atoms with Gasteiger partial charge in [-0.15, -0.1) is 0 Å². The summed E-state index contributed by atoms with van der Waals surface area (Å²) in [6, 6.07) is 8.93. The fourth-order valence-corrected chi connectivity index (χ4v) is 4.46. The Labute approximate surface area is 155 Å². The van der Waals surface area contributed by atoms with Gasteiger partial charge in [-0.2, -0.15) is 0 Å². The molecule has 138 valence electrons. The van der Waals surface area contributed by atoms with Crippen LogP contribution < -0.4 is 15.2 Å². The lowest BCUT2D eigenvalue weighted by molar-refractivity contribution is 0.108. The minimum absolute atomic E-state index is 0.101. The number of hydrogen-bond donors (Lipinski definition) is 1. The van der Waals surface area contributed by atoms with E-state index in [1.54, 1.807) is 14.2 Å². The summed E-state index contributed by atoms with van der Waals surface area (Å²) in [5, 5.41) is 0. The monoisotopic (exact) mass is 353 g/mol. The van der Waals surface area contributed by atoms with Gasteiger partial charge in [0.1, 0.15) is 0 Å². The SMILES string of the molecule is COc1cc2c(cc1OC)C1C[C@H](N)[C@@H](c3cc(C)ccn3)CN1CC2. The Morgan fingerprint density at radius 3 is 2.65 bits per heavy atom. The highest BCUT2D eigenvalue weighted by Crippen LogP contribution is 2.43. The summed E-state index contributed by atoms with van der Waals surface area (Å²) in [5.41, 5.74) is 11.7. The normalized spacial score (nSPS) is 25.3. The third-order valence-electron chi connectivity index (χ3n) is 5.87. The summed E-state index contributed by atoms with van der Waals surface area (Å²) < 4.78 is 11.0. The van der Waals surface area contributed by atoms with Crippen molar-refractivity contribution in [1.29, 1.82) is 0 Å². The maximum atomic E-state index is 6.63. The molecule has 5 heteroatoms. The zero-order valence-electron chi connectivity index (χ0n) is 15.7. The Bertz CT molecular complexity index is 808. The second-order valence-electron chi connectivity index (χ2n) is 7.43. The average Bonchev–Trinajstić information content (AvgIpc) is 2.66. The van der Waals surface area contributed by atoms with E-state index in [-0.39, 0.29) is 12.0 Å². The van der Waals surface area contributed by atoms with E-state index in [0.29, 0.717) is 6.04 Å². The summed E-state index contributed by atoms with van der Waals surface area (Å²) in [4.78, 5) is 7.16. The number of pyridine rings is 1. The molecule has 0 saturated carbocycles. The standard InChI is InChI=1S/C21H27N3O2/c1-13-4-6-23-18(8-13)16-12-24-7-5-14-9-20(25-2)21(26-3)10-15(14)19(24)11-17(16)22/h4,6,8-10,16-17,19H,5,7,11-12,22H2,1-3H3/t16-,17-,19?/m0/s1. The fraction of sp³-hybridized carbons (Fsp3) is 0.476. The molecule has 1 fully saturated rings. The van der Waals surface area contributed by atoms with Crippen molar-refractivity contribution in [2.24, 2.45) is 5.73 Å². The molecular formula is C21H27N3O2. The Hall–Kier alpha value is -2.11. The molecule has 5 nitrogen and oxygen atoms in total. The molecule has 0 radical (unpaired) electrons.